The van der Waals surface area contributed by atoms with E-state index < -0.39 is 0 Å². The molecule has 2 aliphatic carbocycles. The second-order valence-electron chi connectivity index (χ2n) is 8.86. The van der Waals surface area contributed by atoms with E-state index in [9.17, 15) is 0 Å². The van der Waals surface area contributed by atoms with E-state index in [-0.39, 0.29) is 0 Å². The number of fused-ring (bicyclic) bond motifs is 2. The highest BCUT2D eigenvalue weighted by Crippen LogP contribution is 2.75. The average Bonchev–Trinajstić information content (AvgIpc) is 2.62. The van der Waals surface area contributed by atoms with Gasteiger partial charge in [-0.2, -0.15) is 0 Å². The fourth-order valence-electron chi connectivity index (χ4n) is 5.73. The third-order valence-electron chi connectivity index (χ3n) is 7.16. The highest BCUT2D eigenvalue weighted by molar-refractivity contribution is 5.18. The van der Waals surface area contributed by atoms with Crippen LogP contribution in [0.1, 0.15) is 60.3 Å². The Hall–Kier alpha value is -0.0400. The molecule has 3 aliphatic rings. The van der Waals surface area contributed by atoms with Crippen molar-refractivity contribution in [2.75, 3.05) is 13.6 Å². The molecule has 0 N–H and O–H groups in total. The molecule has 6 unspecified atom stereocenters. The third kappa shape index (κ3) is 1.43. The smallest absolute Gasteiger partial charge is 0.0907 e. The van der Waals surface area contributed by atoms with E-state index in [1.165, 1.54) is 30.3 Å². The van der Waals surface area contributed by atoms with Crippen LogP contribution in [0.5, 0.6) is 0 Å². The maximum atomic E-state index is 2.55. The predicted molar refractivity (Wildman–Crippen MR) is 77.3 cm³/mol. The molecule has 0 amide bonds. The molecule has 3 fully saturated rings. The van der Waals surface area contributed by atoms with Gasteiger partial charge in [-0.3, -0.25) is 0 Å². The summed E-state index contributed by atoms with van der Waals surface area (Å²) in [6, 6.07) is 0.920. The van der Waals surface area contributed by atoms with Crippen LogP contribution in [-0.4, -0.2) is 29.7 Å². The van der Waals surface area contributed by atoms with E-state index in [1.807, 2.05) is 0 Å². The molecular formula is C17H32N+. The Bertz CT molecular complexity index is 351. The van der Waals surface area contributed by atoms with E-state index >= 15 is 0 Å². The summed E-state index contributed by atoms with van der Waals surface area (Å²) in [5.74, 6) is 3.29. The third-order valence-corrected chi connectivity index (χ3v) is 7.16. The fraction of sp³-hybridized carbons (Fsp3) is 1.00. The maximum Gasteiger partial charge on any atom is 0.0907 e. The molecule has 1 heterocycles. The molecule has 18 heavy (non-hydrogen) atoms. The molecule has 1 nitrogen and oxygen atoms in total. The van der Waals surface area contributed by atoms with Gasteiger partial charge in [0.15, 0.2) is 0 Å². The maximum absolute atomic E-state index is 2.55. The quantitative estimate of drug-likeness (QED) is 0.648. The monoisotopic (exact) mass is 250 g/mol. The van der Waals surface area contributed by atoms with Gasteiger partial charge in [0.2, 0.25) is 0 Å². The van der Waals surface area contributed by atoms with Gasteiger partial charge < -0.3 is 4.48 Å². The summed E-state index contributed by atoms with van der Waals surface area (Å²) in [5, 5.41) is 0. The molecule has 0 aromatic rings. The normalized spacial score (nSPS) is 54.3. The topological polar surface area (TPSA) is 0 Å². The van der Waals surface area contributed by atoms with Crippen molar-refractivity contribution in [2.24, 2.45) is 23.2 Å². The van der Waals surface area contributed by atoms with Crippen LogP contribution in [0.3, 0.4) is 0 Å². The average molecular weight is 250 g/mol. The van der Waals surface area contributed by atoms with Crippen molar-refractivity contribution in [3.8, 4) is 0 Å². The summed E-state index contributed by atoms with van der Waals surface area (Å²) in [6.07, 6.45) is 5.87. The van der Waals surface area contributed by atoms with Gasteiger partial charge in [0.1, 0.15) is 0 Å². The molecule has 0 aromatic heterocycles. The minimum Gasteiger partial charge on any atom is -0.319 e. The molecule has 104 valence electrons. The van der Waals surface area contributed by atoms with E-state index in [0.29, 0.717) is 5.54 Å². The first-order valence-corrected chi connectivity index (χ1v) is 8.10. The Morgan fingerprint density at radius 1 is 1.22 bits per heavy atom. The van der Waals surface area contributed by atoms with Gasteiger partial charge in [-0.15, -0.1) is 0 Å². The van der Waals surface area contributed by atoms with Gasteiger partial charge in [-0.1, -0.05) is 20.3 Å². The SMILES string of the molecule is CCCC1CC2(CC3C(C)C32)C[N+]1(C)C(C)(C)C. The lowest BCUT2D eigenvalue weighted by Gasteiger charge is -2.48. The molecule has 1 aliphatic heterocycles. The first-order valence-electron chi connectivity index (χ1n) is 8.10. The van der Waals surface area contributed by atoms with Crippen LogP contribution < -0.4 is 0 Å². The molecule has 3 rings (SSSR count). The molecule has 1 saturated heterocycles. The van der Waals surface area contributed by atoms with E-state index in [1.54, 1.807) is 6.42 Å². The van der Waals surface area contributed by atoms with Crippen molar-refractivity contribution in [3.63, 3.8) is 0 Å². The minimum atomic E-state index is 0.409. The van der Waals surface area contributed by atoms with E-state index in [4.69, 9.17) is 0 Å². The number of hydrogen-bond acceptors (Lipinski definition) is 0. The highest BCUT2D eigenvalue weighted by atomic mass is 15.4. The van der Waals surface area contributed by atoms with Crippen LogP contribution in [0.25, 0.3) is 0 Å². The number of quaternary nitrogens is 1. The van der Waals surface area contributed by atoms with Gasteiger partial charge in [0.05, 0.1) is 25.2 Å². The summed E-state index contributed by atoms with van der Waals surface area (Å²) in [5.41, 5.74) is 1.17. The molecule has 0 bridgehead atoms. The van der Waals surface area contributed by atoms with Crippen molar-refractivity contribution in [2.45, 2.75) is 71.9 Å². The summed E-state index contributed by atoms with van der Waals surface area (Å²) < 4.78 is 1.33. The van der Waals surface area contributed by atoms with Crippen LogP contribution in [0.4, 0.5) is 0 Å². The van der Waals surface area contributed by atoms with Crippen LogP contribution in [0.2, 0.25) is 0 Å². The van der Waals surface area contributed by atoms with Crippen molar-refractivity contribution in [1.82, 2.24) is 0 Å². The van der Waals surface area contributed by atoms with Crippen LogP contribution in [0, 0.1) is 23.2 Å². The molecule has 1 heteroatoms. The Kier molecular flexibility index (Phi) is 2.55. The van der Waals surface area contributed by atoms with Gasteiger partial charge in [0, 0.05) is 11.8 Å². The van der Waals surface area contributed by atoms with Gasteiger partial charge >= 0.3 is 0 Å². The van der Waals surface area contributed by atoms with Crippen molar-refractivity contribution in [1.29, 1.82) is 0 Å². The zero-order chi connectivity index (χ0) is 13.3. The lowest BCUT2D eigenvalue weighted by molar-refractivity contribution is -0.967. The highest BCUT2D eigenvalue weighted by Gasteiger charge is 2.75. The molecule has 0 aromatic carbocycles. The standard InChI is InChI=1S/C17H32N/c1-7-8-13-9-17(10-14-12(2)15(14)17)11-18(13,6)16(3,4)5/h12-15H,7-11H2,1-6H3/q+1. The van der Waals surface area contributed by atoms with E-state index in [0.717, 1.165) is 29.2 Å². The van der Waals surface area contributed by atoms with Crippen LogP contribution in [-0.2, 0) is 0 Å². The first-order chi connectivity index (χ1) is 8.25. The number of hydrogen-bond donors (Lipinski definition) is 0. The summed E-state index contributed by atoms with van der Waals surface area (Å²) >= 11 is 0. The van der Waals surface area contributed by atoms with Crippen molar-refractivity contribution < 1.29 is 4.48 Å². The summed E-state index contributed by atoms with van der Waals surface area (Å²) in [6.45, 7) is 13.7. The largest absolute Gasteiger partial charge is 0.319 e. The molecule has 1 spiro atoms. The number of likely N-dealkylation sites (tertiary alicyclic amines) is 1. The Morgan fingerprint density at radius 2 is 1.89 bits per heavy atom. The zero-order valence-corrected chi connectivity index (χ0v) is 13.3. The molecule has 0 radical (unpaired) electrons. The second kappa shape index (κ2) is 3.53. The van der Waals surface area contributed by atoms with Crippen molar-refractivity contribution in [3.05, 3.63) is 0 Å². The fourth-order valence-corrected chi connectivity index (χ4v) is 5.73. The van der Waals surface area contributed by atoms with Gasteiger partial charge in [-0.25, -0.2) is 0 Å². The minimum absolute atomic E-state index is 0.409. The summed E-state index contributed by atoms with van der Waals surface area (Å²) in [7, 11) is 2.55. The lowest BCUT2D eigenvalue weighted by atomic mass is 9.67. The second-order valence-corrected chi connectivity index (χ2v) is 8.86. The van der Waals surface area contributed by atoms with Gasteiger partial charge in [0.25, 0.3) is 0 Å². The number of rotatable bonds is 2. The van der Waals surface area contributed by atoms with Crippen LogP contribution >= 0.6 is 0 Å². The Balaban J connectivity index is 1.85. The van der Waals surface area contributed by atoms with Gasteiger partial charge in [-0.05, 0) is 51.4 Å². The first kappa shape index (κ1) is 13.0. The Labute approximate surface area is 114 Å². The summed E-state index contributed by atoms with van der Waals surface area (Å²) in [4.78, 5) is 0. The molecule has 2 saturated carbocycles. The predicted octanol–water partition coefficient (Wildman–Crippen LogP) is 4.08. The lowest BCUT2D eigenvalue weighted by Crippen LogP contribution is -2.61. The van der Waals surface area contributed by atoms with Crippen molar-refractivity contribution >= 4 is 0 Å². The zero-order valence-electron chi connectivity index (χ0n) is 13.3. The van der Waals surface area contributed by atoms with E-state index in [2.05, 4.69) is 41.7 Å². The molecule has 6 atom stereocenters. The molecular weight excluding hydrogens is 218 g/mol. The van der Waals surface area contributed by atoms with Crippen LogP contribution in [0.15, 0.2) is 0 Å². The Morgan fingerprint density at radius 3 is 2.28 bits per heavy atom. The number of nitrogens with zero attached hydrogens (tertiary/aromatic N) is 1.